The van der Waals surface area contributed by atoms with E-state index in [1.54, 1.807) is 13.8 Å². The van der Waals surface area contributed by atoms with Crippen LogP contribution in [0.25, 0.3) is 0 Å². The molecule has 4 aliphatic rings. The molecule has 4 aliphatic heterocycles. The minimum Gasteiger partial charge on any atom is -0.328 e. The largest absolute Gasteiger partial charge is 0.400 e. The van der Waals surface area contributed by atoms with E-state index in [2.05, 4.69) is 51.2 Å². The molecule has 4 heterocycles. The maximum Gasteiger partial charge on any atom is 0.400 e. The molecule has 0 spiro atoms. The van der Waals surface area contributed by atoms with E-state index in [9.17, 15) is 26.3 Å². The van der Waals surface area contributed by atoms with E-state index in [1.165, 1.54) is 25.7 Å². The molecule has 0 saturated carbocycles. The number of alkyl halides is 6. The molecule has 0 aromatic rings. The summed E-state index contributed by atoms with van der Waals surface area (Å²) in [4.78, 5) is 0. The van der Waals surface area contributed by atoms with Crippen molar-refractivity contribution in [1.82, 2.24) is 0 Å². The molecule has 0 radical (unpaired) electrons. The third kappa shape index (κ3) is 17.5. The summed E-state index contributed by atoms with van der Waals surface area (Å²) in [5, 5.41) is 0.674. The highest BCUT2D eigenvalue weighted by Gasteiger charge is 2.45. The highest BCUT2D eigenvalue weighted by atomic mass is 32.2. The van der Waals surface area contributed by atoms with Gasteiger partial charge in [-0.3, -0.25) is 0 Å². The fourth-order valence-corrected chi connectivity index (χ4v) is 11.6. The summed E-state index contributed by atoms with van der Waals surface area (Å²) in [7, 11) is 0. The van der Waals surface area contributed by atoms with Crippen LogP contribution in [-0.4, -0.2) is 78.5 Å². The van der Waals surface area contributed by atoms with Crippen LogP contribution < -0.4 is 22.9 Å². The van der Waals surface area contributed by atoms with Gasteiger partial charge in [0.05, 0.1) is 0 Å². The summed E-state index contributed by atoms with van der Waals surface area (Å²) in [6.07, 6.45) is -1.84. The summed E-state index contributed by atoms with van der Waals surface area (Å²) < 4.78 is 73.3. The van der Waals surface area contributed by atoms with E-state index in [0.29, 0.717) is 24.9 Å². The predicted molar refractivity (Wildman–Crippen MR) is 176 cm³/mol. The monoisotopic (exact) mass is 688 g/mol. The minimum absolute atomic E-state index is 0.0281. The van der Waals surface area contributed by atoms with Crippen LogP contribution >= 0.6 is 47.0 Å². The number of hydrogen-bond acceptors (Lipinski definition) is 8. The van der Waals surface area contributed by atoms with Crippen molar-refractivity contribution in [1.29, 1.82) is 0 Å². The summed E-state index contributed by atoms with van der Waals surface area (Å²) in [6.45, 7) is 12.6. The molecule has 0 amide bonds. The summed E-state index contributed by atoms with van der Waals surface area (Å²) in [5.41, 5.74) is 22.6. The molecule has 14 heteroatoms. The molecule has 10 atom stereocenters. The molecule has 4 saturated heterocycles. The fourth-order valence-electron chi connectivity index (χ4n) is 5.71. The van der Waals surface area contributed by atoms with E-state index in [-0.39, 0.29) is 35.4 Å². The lowest BCUT2D eigenvalue weighted by atomic mass is 10.1. The van der Waals surface area contributed by atoms with Gasteiger partial charge < -0.3 is 22.9 Å². The summed E-state index contributed by atoms with van der Waals surface area (Å²) in [6, 6.07) is 0.369. The van der Waals surface area contributed by atoms with Gasteiger partial charge in [-0.1, -0.05) is 41.5 Å². The van der Waals surface area contributed by atoms with Gasteiger partial charge in [-0.05, 0) is 51.4 Å². The second kappa shape index (κ2) is 18.8. The van der Waals surface area contributed by atoms with Crippen LogP contribution in [0.1, 0.15) is 92.9 Å². The maximum atomic E-state index is 12.2. The van der Waals surface area contributed by atoms with Crippen LogP contribution in [0.15, 0.2) is 0 Å². The van der Waals surface area contributed by atoms with Gasteiger partial charge in [0.1, 0.15) is 10.5 Å². The first kappa shape index (κ1) is 40.8. The van der Waals surface area contributed by atoms with Crippen LogP contribution in [-0.2, 0) is 0 Å². The lowest BCUT2D eigenvalue weighted by Gasteiger charge is -2.31. The number of thioether (sulfide) groups is 4. The lowest BCUT2D eigenvalue weighted by Crippen LogP contribution is -2.40. The van der Waals surface area contributed by atoms with Gasteiger partial charge in [0.15, 0.2) is 0 Å². The van der Waals surface area contributed by atoms with Crippen molar-refractivity contribution in [3.8, 4) is 0 Å². The second-order valence-corrected chi connectivity index (χ2v) is 19.4. The number of halogens is 6. The molecular formula is C28H54F6N4S4. The van der Waals surface area contributed by atoms with Crippen LogP contribution in [0, 0.1) is 0 Å². The van der Waals surface area contributed by atoms with Crippen molar-refractivity contribution in [2.45, 2.75) is 171 Å². The normalized spacial score (nSPS) is 41.1. The average Bonchev–Trinajstić information content (AvgIpc) is 2.76. The van der Waals surface area contributed by atoms with Crippen molar-refractivity contribution in [3.05, 3.63) is 0 Å². The van der Waals surface area contributed by atoms with E-state index in [1.807, 2.05) is 0 Å². The predicted octanol–water partition coefficient (Wildman–Crippen LogP) is 7.56. The first-order valence-corrected chi connectivity index (χ1v) is 18.7. The third-order valence-electron chi connectivity index (χ3n) is 7.29. The first-order valence-electron chi connectivity index (χ1n) is 14.9. The minimum atomic E-state index is -4.09. The van der Waals surface area contributed by atoms with Crippen LogP contribution in [0.5, 0.6) is 0 Å². The van der Waals surface area contributed by atoms with Crippen molar-refractivity contribution < 1.29 is 26.3 Å². The Bertz CT molecular complexity index is 620. The van der Waals surface area contributed by atoms with Gasteiger partial charge in [-0.25, -0.2) is 0 Å². The Morgan fingerprint density at radius 3 is 0.738 bits per heavy atom. The molecule has 4 rings (SSSR count). The molecule has 0 aromatic carbocycles. The fraction of sp³-hybridized carbons (Fsp3) is 1.00. The summed E-state index contributed by atoms with van der Waals surface area (Å²) in [5.74, 6) is 0. The van der Waals surface area contributed by atoms with Crippen molar-refractivity contribution in [2.24, 2.45) is 22.9 Å². The molecular weight excluding hydrogens is 635 g/mol. The van der Waals surface area contributed by atoms with Crippen molar-refractivity contribution >= 4 is 47.0 Å². The Kier molecular flexibility index (Phi) is 18.3. The van der Waals surface area contributed by atoms with Gasteiger partial charge in [-0.15, -0.1) is 23.5 Å². The standard InChI is InChI=1S/2C7H12F3NS.2C7H15NS/c2*1-4-2-5(11)3-6(12-4)7(8,9)10;2*1-5-3-7(8)4-6(2)9-5/h2*4-6H,2-3,11H2,1H3;2*5-7H,3-4,8H2,1-2H3. The van der Waals surface area contributed by atoms with Crippen molar-refractivity contribution in [2.75, 3.05) is 0 Å². The first-order chi connectivity index (χ1) is 19.1. The van der Waals surface area contributed by atoms with E-state index in [0.717, 1.165) is 44.5 Å². The third-order valence-corrected chi connectivity index (χ3v) is 12.8. The summed E-state index contributed by atoms with van der Waals surface area (Å²) >= 11 is 6.11. The number of rotatable bonds is 0. The lowest BCUT2D eigenvalue weighted by molar-refractivity contribution is -0.132. The topological polar surface area (TPSA) is 104 Å². The van der Waals surface area contributed by atoms with Gasteiger partial charge in [0, 0.05) is 55.7 Å². The van der Waals surface area contributed by atoms with Crippen LogP contribution in [0.3, 0.4) is 0 Å². The Labute approximate surface area is 266 Å². The average molecular weight is 689 g/mol. The van der Waals surface area contributed by atoms with E-state index in [4.69, 9.17) is 22.9 Å². The van der Waals surface area contributed by atoms with Gasteiger partial charge in [-0.2, -0.15) is 49.9 Å². The van der Waals surface area contributed by atoms with Gasteiger partial charge in [0.25, 0.3) is 0 Å². The van der Waals surface area contributed by atoms with Crippen LogP contribution in [0.4, 0.5) is 26.3 Å². The smallest absolute Gasteiger partial charge is 0.328 e. The molecule has 4 fully saturated rings. The number of hydrogen-bond donors (Lipinski definition) is 4. The second-order valence-electron chi connectivity index (χ2n) is 12.4. The highest BCUT2D eigenvalue weighted by molar-refractivity contribution is 8.01. The zero-order valence-electron chi connectivity index (χ0n) is 25.8. The Morgan fingerprint density at radius 2 is 0.571 bits per heavy atom. The molecule has 0 aromatic heterocycles. The number of nitrogens with two attached hydrogens (primary N) is 4. The molecule has 252 valence electrons. The zero-order valence-corrected chi connectivity index (χ0v) is 29.1. The van der Waals surface area contributed by atoms with Crippen molar-refractivity contribution in [3.63, 3.8) is 0 Å². The Morgan fingerprint density at radius 1 is 0.381 bits per heavy atom. The van der Waals surface area contributed by atoms with Crippen LogP contribution in [0.2, 0.25) is 0 Å². The van der Waals surface area contributed by atoms with Gasteiger partial charge in [0.2, 0.25) is 0 Å². The molecule has 8 N–H and O–H groups in total. The quantitative estimate of drug-likeness (QED) is 0.194. The highest BCUT2D eigenvalue weighted by Crippen LogP contribution is 2.41. The van der Waals surface area contributed by atoms with Gasteiger partial charge >= 0.3 is 12.4 Å². The molecule has 42 heavy (non-hydrogen) atoms. The molecule has 4 nitrogen and oxygen atoms in total. The van der Waals surface area contributed by atoms with E-state index < -0.39 is 22.9 Å². The Balaban J connectivity index is 0.000000283. The molecule has 0 aliphatic carbocycles. The molecule has 0 bridgehead atoms. The SMILES string of the molecule is CC1CC(N)CC(C(F)(F)F)S1.CC1CC(N)CC(C(F)(F)F)S1.CC1CC(N)CC(C)S1.CC1CC(N)CC(C)S1. The van der Waals surface area contributed by atoms with E-state index >= 15 is 0 Å². The Hall–Kier alpha value is 0.820. The maximum absolute atomic E-state index is 12.2. The molecule has 10 unspecified atom stereocenters. The zero-order chi connectivity index (χ0) is 32.4.